The van der Waals surface area contributed by atoms with Crippen molar-refractivity contribution in [2.75, 3.05) is 64.0 Å². The van der Waals surface area contributed by atoms with E-state index in [0.717, 1.165) is 0 Å². The van der Waals surface area contributed by atoms with Crippen molar-refractivity contribution in [1.82, 2.24) is 0 Å². The lowest BCUT2D eigenvalue weighted by molar-refractivity contribution is -0.153. The van der Waals surface area contributed by atoms with E-state index in [0.29, 0.717) is 51.0 Å². The molecule has 0 N–H and O–H groups in total. The van der Waals surface area contributed by atoms with Crippen molar-refractivity contribution < 1.29 is 61.3 Å². The van der Waals surface area contributed by atoms with Crippen molar-refractivity contribution in [3.8, 4) is 68.8 Å². The molecule has 1 aromatic heterocycles. The molecule has 2 heterocycles. The van der Waals surface area contributed by atoms with Crippen LogP contribution in [0.2, 0.25) is 0 Å². The summed E-state index contributed by atoms with van der Waals surface area (Å²) in [6.45, 7) is 1.30. The van der Waals surface area contributed by atoms with Gasteiger partial charge in [-0.15, -0.1) is 0 Å². The summed E-state index contributed by atoms with van der Waals surface area (Å²) in [5, 5.41) is 0.0783. The minimum Gasteiger partial charge on any atom is -0.493 e. The van der Waals surface area contributed by atoms with Crippen LogP contribution < -0.4 is 52.8 Å². The molecule has 5 aromatic rings. The Hall–Kier alpha value is -6.44. The summed E-state index contributed by atoms with van der Waals surface area (Å²) >= 11 is 0. The molecule has 0 aliphatic carbocycles. The normalized spacial score (nSPS) is 15.9. The van der Waals surface area contributed by atoms with Crippen molar-refractivity contribution in [1.29, 1.82) is 0 Å². The Morgan fingerprint density at radius 1 is 0.582 bits per heavy atom. The van der Waals surface area contributed by atoms with Crippen LogP contribution in [0.4, 0.5) is 0 Å². The predicted octanol–water partition coefficient (Wildman–Crippen LogP) is 6.73. The lowest BCUT2D eigenvalue weighted by atomic mass is 9.78. The predicted molar refractivity (Wildman–Crippen MR) is 201 cm³/mol. The Morgan fingerprint density at radius 2 is 1.16 bits per heavy atom. The van der Waals surface area contributed by atoms with E-state index in [2.05, 4.69) is 0 Å². The van der Waals surface area contributed by atoms with Crippen LogP contribution in [0.1, 0.15) is 35.6 Å². The smallest absolute Gasteiger partial charge is 0.303 e. The molecule has 14 heteroatoms. The Labute approximate surface area is 317 Å². The topological polar surface area (TPSA) is 149 Å². The van der Waals surface area contributed by atoms with Gasteiger partial charge in [0.05, 0.1) is 75.3 Å². The molecular formula is C41H42O14. The number of ether oxygens (including phenoxy) is 11. The second-order valence-electron chi connectivity index (χ2n) is 12.2. The second-order valence-corrected chi connectivity index (χ2v) is 12.2. The zero-order valence-corrected chi connectivity index (χ0v) is 32.1. The van der Waals surface area contributed by atoms with Gasteiger partial charge in [-0.25, -0.2) is 0 Å². The number of carbonyl (C=O) groups excluding carboxylic acids is 1. The van der Waals surface area contributed by atoms with Gasteiger partial charge in [0, 0.05) is 23.6 Å². The van der Waals surface area contributed by atoms with Gasteiger partial charge in [-0.05, 0) is 48.0 Å². The molecule has 55 heavy (non-hydrogen) atoms. The fourth-order valence-electron chi connectivity index (χ4n) is 7.05. The van der Waals surface area contributed by atoms with Crippen molar-refractivity contribution in [3.05, 3.63) is 81.5 Å². The van der Waals surface area contributed by atoms with Crippen LogP contribution in [0.3, 0.4) is 0 Å². The zero-order valence-electron chi connectivity index (χ0n) is 32.1. The summed E-state index contributed by atoms with van der Waals surface area (Å²) in [4.78, 5) is 28.0. The van der Waals surface area contributed by atoms with E-state index < -0.39 is 29.5 Å². The molecule has 1 aliphatic heterocycles. The first-order valence-corrected chi connectivity index (χ1v) is 17.0. The van der Waals surface area contributed by atoms with Crippen LogP contribution in [0.25, 0.3) is 22.3 Å². The summed E-state index contributed by atoms with van der Waals surface area (Å²) < 4.78 is 70.7. The zero-order chi connectivity index (χ0) is 39.6. The van der Waals surface area contributed by atoms with E-state index in [4.69, 9.17) is 56.5 Å². The van der Waals surface area contributed by atoms with Gasteiger partial charge in [0.25, 0.3) is 0 Å². The van der Waals surface area contributed by atoms with Crippen LogP contribution >= 0.6 is 0 Å². The van der Waals surface area contributed by atoms with Gasteiger partial charge >= 0.3 is 5.97 Å². The third-order valence-corrected chi connectivity index (χ3v) is 9.46. The van der Waals surface area contributed by atoms with Crippen LogP contribution in [0, 0.1) is 0 Å². The molecule has 14 nitrogen and oxygen atoms in total. The number of benzene rings is 4. The molecule has 4 aromatic carbocycles. The maximum atomic E-state index is 15.0. The first kappa shape index (κ1) is 38.3. The number of carbonyl (C=O) groups is 1. The van der Waals surface area contributed by atoms with Gasteiger partial charge in [0.15, 0.2) is 63.8 Å². The molecule has 0 bridgehead atoms. The second kappa shape index (κ2) is 15.9. The van der Waals surface area contributed by atoms with E-state index in [1.807, 2.05) is 0 Å². The van der Waals surface area contributed by atoms with E-state index in [9.17, 15) is 9.59 Å². The third-order valence-electron chi connectivity index (χ3n) is 9.46. The van der Waals surface area contributed by atoms with Crippen LogP contribution in [-0.4, -0.2) is 76.1 Å². The first-order valence-electron chi connectivity index (χ1n) is 17.0. The van der Waals surface area contributed by atoms with Crippen molar-refractivity contribution in [2.45, 2.75) is 25.0 Å². The Morgan fingerprint density at radius 3 is 1.75 bits per heavy atom. The van der Waals surface area contributed by atoms with E-state index in [-0.39, 0.29) is 45.5 Å². The van der Waals surface area contributed by atoms with E-state index in [1.54, 1.807) is 54.6 Å². The highest BCUT2D eigenvalue weighted by Gasteiger charge is 2.46. The van der Waals surface area contributed by atoms with Gasteiger partial charge < -0.3 is 56.5 Å². The molecule has 0 spiro atoms. The van der Waals surface area contributed by atoms with Gasteiger partial charge in [-0.3, -0.25) is 9.59 Å². The maximum absolute atomic E-state index is 15.0. The maximum Gasteiger partial charge on any atom is 0.303 e. The average molecular weight is 759 g/mol. The van der Waals surface area contributed by atoms with E-state index >= 15 is 0 Å². The van der Waals surface area contributed by atoms with Gasteiger partial charge in [0.2, 0.25) is 22.7 Å². The molecule has 6 rings (SSSR count). The van der Waals surface area contributed by atoms with Crippen molar-refractivity contribution in [2.24, 2.45) is 0 Å². The molecule has 3 atom stereocenters. The van der Waals surface area contributed by atoms with Gasteiger partial charge in [-0.1, -0.05) is 12.1 Å². The quantitative estimate of drug-likeness (QED) is 0.117. The van der Waals surface area contributed by atoms with Crippen LogP contribution in [0.15, 0.2) is 63.8 Å². The highest BCUT2D eigenvalue weighted by Crippen LogP contribution is 2.56. The monoisotopic (exact) mass is 758 g/mol. The third kappa shape index (κ3) is 6.57. The molecule has 0 fully saturated rings. The van der Waals surface area contributed by atoms with Crippen molar-refractivity contribution >= 4 is 16.9 Å². The van der Waals surface area contributed by atoms with Crippen LogP contribution in [-0.2, 0) is 9.53 Å². The number of hydrogen-bond donors (Lipinski definition) is 0. The summed E-state index contributed by atoms with van der Waals surface area (Å²) in [6.07, 6.45) is -2.09. The molecule has 290 valence electrons. The minimum atomic E-state index is -1.10. The van der Waals surface area contributed by atoms with Crippen molar-refractivity contribution in [3.63, 3.8) is 0 Å². The molecule has 1 aliphatic rings. The molecule has 0 saturated heterocycles. The number of hydrogen-bond acceptors (Lipinski definition) is 14. The molecule has 0 radical (unpaired) electrons. The molecule has 0 unspecified atom stereocenters. The first-order chi connectivity index (χ1) is 26.6. The molecule has 0 saturated carbocycles. The average Bonchev–Trinajstić information content (AvgIpc) is 3.21. The number of fused-ring (bicyclic) bond motifs is 2. The Balaban J connectivity index is 1.74. The number of methoxy groups -OCH3 is 9. The number of esters is 1. The summed E-state index contributed by atoms with van der Waals surface area (Å²) in [7, 11) is 13.3. The summed E-state index contributed by atoms with van der Waals surface area (Å²) in [5.74, 6) is 1.55. The fraction of sp³-hybridized carbons (Fsp3) is 0.317. The van der Waals surface area contributed by atoms with E-state index in [1.165, 1.54) is 70.9 Å². The van der Waals surface area contributed by atoms with Gasteiger partial charge in [-0.2, -0.15) is 0 Å². The highest BCUT2D eigenvalue weighted by atomic mass is 16.6. The lowest BCUT2D eigenvalue weighted by Crippen LogP contribution is -2.39. The molecule has 0 amide bonds. The lowest BCUT2D eigenvalue weighted by Gasteiger charge is -2.40. The standard InChI is InChI=1S/C41H42O14/c1-20(42)53-39-31(23-13-16-27(46-4)37(50-8)36(23)54-34(39)21-11-14-25(44-2)28(17-21)47-5)24-19-30(49-7)38(51-9)40-32(24)33(43)41(52-10)35(55-40)22-12-15-26(45-3)29(18-22)48-6/h11-19,31,34,39H,1-10H3/t31-,34+,39-/m0/s1. The summed E-state index contributed by atoms with van der Waals surface area (Å²) in [5.41, 5.74) is 1.39. The molecular weight excluding hydrogens is 716 g/mol. The number of rotatable bonds is 13. The highest BCUT2D eigenvalue weighted by molar-refractivity contribution is 5.93. The largest absolute Gasteiger partial charge is 0.493 e. The Kier molecular flexibility index (Phi) is 11.1. The summed E-state index contributed by atoms with van der Waals surface area (Å²) in [6, 6.07) is 15.4. The fourth-order valence-corrected chi connectivity index (χ4v) is 7.05. The van der Waals surface area contributed by atoms with Crippen LogP contribution in [0.5, 0.6) is 57.5 Å². The SMILES string of the molecule is COc1ccc(-c2oc3c(OC)c(OC)cc([C@@H]4c5ccc(OC)c(OC)c5O[C@H](c5ccc(OC)c(OC)c5)[C@H]4OC(C)=O)c3c(=O)c2OC)cc1OC. The van der Waals surface area contributed by atoms with Gasteiger partial charge in [0.1, 0.15) is 0 Å². The minimum absolute atomic E-state index is 0.0465. The Bertz CT molecular complexity index is 2290.